The lowest BCUT2D eigenvalue weighted by Gasteiger charge is -2.29. The topological polar surface area (TPSA) is 55.4 Å². The summed E-state index contributed by atoms with van der Waals surface area (Å²) in [5.41, 5.74) is 0.0781. The van der Waals surface area contributed by atoms with Crippen molar-refractivity contribution in [1.82, 2.24) is 4.72 Å². The average Bonchev–Trinajstić information content (AvgIpc) is 2.34. The summed E-state index contributed by atoms with van der Waals surface area (Å²) in [7, 11) is -1.75. The van der Waals surface area contributed by atoms with Crippen molar-refractivity contribution in [3.05, 3.63) is 34.9 Å². The average molecular weight is 320 g/mol. The summed E-state index contributed by atoms with van der Waals surface area (Å²) in [4.78, 5) is 0. The van der Waals surface area contributed by atoms with Gasteiger partial charge in [-0.15, -0.1) is 0 Å². The predicted molar refractivity (Wildman–Crippen MR) is 82.4 cm³/mol. The Morgan fingerprint density at radius 3 is 2.55 bits per heavy atom. The molecule has 0 heterocycles. The summed E-state index contributed by atoms with van der Waals surface area (Å²) in [6.45, 7) is 5.73. The Labute approximate surface area is 126 Å². The Morgan fingerprint density at radius 1 is 1.40 bits per heavy atom. The van der Waals surface area contributed by atoms with Crippen LogP contribution in [0, 0.1) is 5.92 Å². The maximum Gasteiger partial charge on any atom is 0.211 e. The number of benzene rings is 1. The van der Waals surface area contributed by atoms with Crippen LogP contribution in [-0.2, 0) is 20.4 Å². The lowest BCUT2D eigenvalue weighted by molar-refractivity contribution is 0.00697. The molecule has 0 bridgehead atoms. The number of sulfonamides is 1. The van der Waals surface area contributed by atoms with Crippen molar-refractivity contribution < 1.29 is 13.2 Å². The summed E-state index contributed by atoms with van der Waals surface area (Å²) < 4.78 is 31.9. The third-order valence-corrected chi connectivity index (χ3v) is 4.99. The molecule has 0 spiro atoms. The van der Waals surface area contributed by atoms with Crippen molar-refractivity contribution >= 4 is 21.6 Å². The van der Waals surface area contributed by atoms with Crippen LogP contribution in [-0.4, -0.2) is 27.8 Å². The van der Waals surface area contributed by atoms with Gasteiger partial charge in [-0.1, -0.05) is 37.6 Å². The van der Waals surface area contributed by atoms with E-state index >= 15 is 0 Å². The van der Waals surface area contributed by atoms with Crippen molar-refractivity contribution in [1.29, 1.82) is 0 Å². The van der Waals surface area contributed by atoms with Crippen LogP contribution in [0.3, 0.4) is 0 Å². The van der Waals surface area contributed by atoms with Gasteiger partial charge >= 0.3 is 0 Å². The highest BCUT2D eigenvalue weighted by atomic mass is 35.5. The molecule has 6 heteroatoms. The monoisotopic (exact) mass is 319 g/mol. The molecule has 1 N–H and O–H groups in total. The van der Waals surface area contributed by atoms with Gasteiger partial charge in [0, 0.05) is 18.7 Å². The lowest BCUT2D eigenvalue weighted by Crippen LogP contribution is -2.41. The molecule has 0 saturated heterocycles. The number of rotatable bonds is 7. The van der Waals surface area contributed by atoms with E-state index in [-0.39, 0.29) is 18.2 Å². The highest BCUT2D eigenvalue weighted by Crippen LogP contribution is 2.26. The SMILES string of the molecule is COC(C)(CNS(=O)(=O)CC(C)C)c1cccc(Cl)c1. The smallest absolute Gasteiger partial charge is 0.211 e. The van der Waals surface area contributed by atoms with Crippen molar-refractivity contribution in [2.24, 2.45) is 5.92 Å². The fourth-order valence-electron chi connectivity index (χ4n) is 1.85. The Balaban J connectivity index is 2.86. The lowest BCUT2D eigenvalue weighted by atomic mass is 9.96. The van der Waals surface area contributed by atoms with Gasteiger partial charge < -0.3 is 4.74 Å². The second kappa shape index (κ2) is 6.89. The van der Waals surface area contributed by atoms with E-state index in [2.05, 4.69) is 4.72 Å². The van der Waals surface area contributed by atoms with Crippen LogP contribution in [0.25, 0.3) is 0 Å². The first-order valence-corrected chi connectivity index (χ1v) is 8.50. The van der Waals surface area contributed by atoms with Crippen LogP contribution in [0.5, 0.6) is 0 Å². The summed E-state index contributed by atoms with van der Waals surface area (Å²) >= 11 is 5.97. The first kappa shape index (κ1) is 17.4. The summed E-state index contributed by atoms with van der Waals surface area (Å²) in [5.74, 6) is 0.176. The largest absolute Gasteiger partial charge is 0.372 e. The molecule has 0 saturated carbocycles. The molecule has 0 aliphatic heterocycles. The van der Waals surface area contributed by atoms with Gasteiger partial charge in [0.25, 0.3) is 0 Å². The minimum absolute atomic E-state index is 0.0764. The third-order valence-electron chi connectivity index (χ3n) is 3.07. The minimum Gasteiger partial charge on any atom is -0.372 e. The highest BCUT2D eigenvalue weighted by Gasteiger charge is 2.28. The summed E-state index contributed by atoms with van der Waals surface area (Å²) in [5, 5.41) is 0.593. The fourth-order valence-corrected chi connectivity index (χ4v) is 3.54. The Hall–Kier alpha value is -0.620. The normalized spacial score (nSPS) is 15.3. The molecule has 1 unspecified atom stereocenters. The Kier molecular flexibility index (Phi) is 6.01. The van der Waals surface area contributed by atoms with E-state index in [0.717, 1.165) is 5.56 Å². The van der Waals surface area contributed by atoms with Crippen LogP contribution >= 0.6 is 11.6 Å². The van der Waals surface area contributed by atoms with Crippen molar-refractivity contribution in [2.45, 2.75) is 26.4 Å². The Morgan fingerprint density at radius 2 is 2.05 bits per heavy atom. The second-order valence-corrected chi connectivity index (χ2v) is 7.73. The van der Waals surface area contributed by atoms with Gasteiger partial charge in [-0.3, -0.25) is 0 Å². The molecular weight excluding hydrogens is 298 g/mol. The minimum atomic E-state index is -3.31. The molecule has 4 nitrogen and oxygen atoms in total. The number of ether oxygens (including phenoxy) is 1. The maximum atomic E-state index is 11.9. The standard InChI is InChI=1S/C14H22ClNO3S/c1-11(2)9-20(17,18)16-10-14(3,19-4)12-6-5-7-13(15)8-12/h5-8,11,16H,9-10H2,1-4H3. The molecule has 1 atom stereocenters. The number of hydrogen-bond acceptors (Lipinski definition) is 3. The zero-order valence-corrected chi connectivity index (χ0v) is 13.9. The molecular formula is C14H22ClNO3S. The second-order valence-electron chi connectivity index (χ2n) is 5.44. The van der Waals surface area contributed by atoms with Crippen LogP contribution in [0.1, 0.15) is 26.3 Å². The van der Waals surface area contributed by atoms with E-state index < -0.39 is 15.6 Å². The van der Waals surface area contributed by atoms with Gasteiger partial charge in [0.15, 0.2) is 0 Å². The number of methoxy groups -OCH3 is 1. The van der Waals surface area contributed by atoms with E-state index in [1.807, 2.05) is 32.9 Å². The van der Waals surface area contributed by atoms with Crippen LogP contribution < -0.4 is 4.72 Å². The summed E-state index contributed by atoms with van der Waals surface area (Å²) in [6, 6.07) is 7.23. The molecule has 0 fully saturated rings. The molecule has 0 aliphatic rings. The highest BCUT2D eigenvalue weighted by molar-refractivity contribution is 7.89. The van der Waals surface area contributed by atoms with Crippen LogP contribution in [0.15, 0.2) is 24.3 Å². The van der Waals surface area contributed by atoms with Crippen LogP contribution in [0.2, 0.25) is 5.02 Å². The molecule has 1 aromatic carbocycles. The van der Waals surface area contributed by atoms with Gasteiger partial charge in [0.2, 0.25) is 10.0 Å². The molecule has 20 heavy (non-hydrogen) atoms. The van der Waals surface area contributed by atoms with E-state index in [1.54, 1.807) is 19.2 Å². The first-order valence-electron chi connectivity index (χ1n) is 6.47. The number of halogens is 1. The third kappa shape index (κ3) is 5.05. The van der Waals surface area contributed by atoms with E-state index in [0.29, 0.717) is 5.02 Å². The first-order chi connectivity index (χ1) is 9.18. The van der Waals surface area contributed by atoms with E-state index in [1.165, 1.54) is 0 Å². The molecule has 0 amide bonds. The van der Waals surface area contributed by atoms with Gasteiger partial charge in [-0.05, 0) is 30.5 Å². The quantitative estimate of drug-likeness (QED) is 0.840. The fraction of sp³-hybridized carbons (Fsp3) is 0.571. The van der Waals surface area contributed by atoms with Gasteiger partial charge in [-0.2, -0.15) is 0 Å². The number of hydrogen-bond donors (Lipinski definition) is 1. The molecule has 1 aromatic rings. The van der Waals surface area contributed by atoms with E-state index in [9.17, 15) is 8.42 Å². The number of nitrogens with one attached hydrogen (secondary N) is 1. The van der Waals surface area contributed by atoms with Crippen LogP contribution in [0.4, 0.5) is 0 Å². The Bertz CT molecular complexity index is 545. The van der Waals surface area contributed by atoms with Gasteiger partial charge in [-0.25, -0.2) is 13.1 Å². The maximum absolute atomic E-state index is 11.9. The zero-order chi connectivity index (χ0) is 15.4. The molecule has 0 aromatic heterocycles. The van der Waals surface area contributed by atoms with Crippen molar-refractivity contribution in [3.8, 4) is 0 Å². The molecule has 0 aliphatic carbocycles. The molecule has 114 valence electrons. The van der Waals surface area contributed by atoms with Gasteiger partial charge in [0.1, 0.15) is 5.60 Å². The van der Waals surface area contributed by atoms with E-state index in [4.69, 9.17) is 16.3 Å². The van der Waals surface area contributed by atoms with Crippen molar-refractivity contribution in [3.63, 3.8) is 0 Å². The molecule has 0 radical (unpaired) electrons. The molecule has 1 rings (SSSR count). The van der Waals surface area contributed by atoms with Crippen molar-refractivity contribution in [2.75, 3.05) is 19.4 Å². The zero-order valence-electron chi connectivity index (χ0n) is 12.3. The summed E-state index contributed by atoms with van der Waals surface area (Å²) in [6.07, 6.45) is 0. The van der Waals surface area contributed by atoms with Gasteiger partial charge in [0.05, 0.1) is 5.75 Å². The predicted octanol–water partition coefficient (Wildman–Crippen LogP) is 2.78.